The summed E-state index contributed by atoms with van der Waals surface area (Å²) in [6.45, 7) is 10.9. The number of hydrogen-bond acceptors (Lipinski definition) is 6. The van der Waals surface area contributed by atoms with Crippen molar-refractivity contribution < 1.29 is 14.1 Å². The molecule has 4 rings (SSSR count). The van der Waals surface area contributed by atoms with E-state index in [4.69, 9.17) is 4.52 Å². The SMILES string of the molecule is C=C(C[C@H](NC(=O)c1cc(C)on1)C(=O)N[C@@H](C)c1ncc(-c2ccccc2)[nH]1)N1CCCC[C@@H]1C. The minimum Gasteiger partial charge on any atom is -0.373 e. The number of aryl methyl sites for hydroxylation is 1. The molecule has 0 bridgehead atoms. The van der Waals surface area contributed by atoms with Crippen molar-refractivity contribution >= 4 is 11.8 Å². The summed E-state index contributed by atoms with van der Waals surface area (Å²) in [4.78, 5) is 36.2. The van der Waals surface area contributed by atoms with Crippen LogP contribution in [0.5, 0.6) is 0 Å². The Hall–Kier alpha value is -3.88. The molecule has 2 aromatic heterocycles. The standard InChI is InChI=1S/C27H34N6O3/c1-17-10-8-9-13-33(17)18(2)14-22(31-27(35)23-15-19(3)36-32-23)26(34)29-20(4)25-28-16-24(30-25)21-11-6-5-7-12-21/h5-7,11-12,15-17,20,22H,2,8-10,13-14H2,1,3-4H3,(H,28,30)(H,29,34)(H,31,35)/t17-,20-,22-/m0/s1. The van der Waals surface area contributed by atoms with Crippen LogP contribution in [0.4, 0.5) is 0 Å². The maximum Gasteiger partial charge on any atom is 0.274 e. The number of aromatic amines is 1. The Bertz CT molecular complexity index is 1200. The number of rotatable bonds is 9. The Morgan fingerprint density at radius 3 is 2.72 bits per heavy atom. The van der Waals surface area contributed by atoms with Crippen molar-refractivity contribution in [2.75, 3.05) is 6.54 Å². The van der Waals surface area contributed by atoms with Crippen LogP contribution in [0.3, 0.4) is 0 Å². The van der Waals surface area contributed by atoms with Crippen molar-refractivity contribution in [3.05, 3.63) is 72.1 Å². The fraction of sp³-hybridized carbons (Fsp3) is 0.407. The first-order valence-electron chi connectivity index (χ1n) is 12.4. The van der Waals surface area contributed by atoms with Gasteiger partial charge in [-0.15, -0.1) is 0 Å². The van der Waals surface area contributed by atoms with Crippen molar-refractivity contribution in [1.82, 2.24) is 30.7 Å². The van der Waals surface area contributed by atoms with Crippen LogP contribution in [0.2, 0.25) is 0 Å². The summed E-state index contributed by atoms with van der Waals surface area (Å²) >= 11 is 0. The van der Waals surface area contributed by atoms with E-state index in [2.05, 4.69) is 44.2 Å². The van der Waals surface area contributed by atoms with Crippen LogP contribution in [-0.4, -0.2) is 50.5 Å². The summed E-state index contributed by atoms with van der Waals surface area (Å²) in [6.07, 6.45) is 5.39. The number of carbonyl (C=O) groups is 2. The van der Waals surface area contributed by atoms with E-state index in [0.29, 0.717) is 24.0 Å². The number of amides is 2. The minimum atomic E-state index is -0.831. The van der Waals surface area contributed by atoms with Gasteiger partial charge in [-0.25, -0.2) is 4.98 Å². The zero-order valence-corrected chi connectivity index (χ0v) is 21.1. The summed E-state index contributed by atoms with van der Waals surface area (Å²) < 4.78 is 5.03. The normalized spacial score (nSPS) is 17.3. The molecule has 9 nitrogen and oxygen atoms in total. The van der Waals surface area contributed by atoms with Gasteiger partial charge in [-0.1, -0.05) is 42.1 Å². The second-order valence-corrected chi connectivity index (χ2v) is 9.44. The van der Waals surface area contributed by atoms with Gasteiger partial charge in [0, 0.05) is 30.8 Å². The first-order chi connectivity index (χ1) is 17.3. The number of likely N-dealkylation sites (tertiary alicyclic amines) is 1. The van der Waals surface area contributed by atoms with Gasteiger partial charge in [0.15, 0.2) is 5.69 Å². The summed E-state index contributed by atoms with van der Waals surface area (Å²) in [6, 6.07) is 10.5. The molecule has 0 unspecified atom stereocenters. The van der Waals surface area contributed by atoms with E-state index in [1.54, 1.807) is 19.2 Å². The zero-order valence-electron chi connectivity index (χ0n) is 21.1. The van der Waals surface area contributed by atoms with E-state index in [0.717, 1.165) is 36.3 Å². The van der Waals surface area contributed by atoms with Gasteiger partial charge in [-0.05, 0) is 45.6 Å². The second kappa shape index (κ2) is 11.2. The highest BCUT2D eigenvalue weighted by Crippen LogP contribution is 2.24. The van der Waals surface area contributed by atoms with E-state index < -0.39 is 18.0 Å². The Balaban J connectivity index is 1.47. The van der Waals surface area contributed by atoms with Crippen LogP contribution in [0, 0.1) is 6.92 Å². The molecule has 1 saturated heterocycles. The smallest absolute Gasteiger partial charge is 0.274 e. The van der Waals surface area contributed by atoms with Gasteiger partial charge in [0.1, 0.15) is 17.6 Å². The largest absolute Gasteiger partial charge is 0.373 e. The van der Waals surface area contributed by atoms with Crippen molar-refractivity contribution in [2.45, 2.75) is 64.6 Å². The van der Waals surface area contributed by atoms with Crippen LogP contribution >= 0.6 is 0 Å². The van der Waals surface area contributed by atoms with Gasteiger partial charge in [-0.3, -0.25) is 9.59 Å². The van der Waals surface area contributed by atoms with E-state index in [1.165, 1.54) is 6.42 Å². The Labute approximate surface area is 211 Å². The van der Waals surface area contributed by atoms with Crippen molar-refractivity contribution in [3.8, 4) is 11.3 Å². The molecule has 3 N–H and O–H groups in total. The number of benzene rings is 1. The first kappa shape index (κ1) is 25.2. The molecule has 3 heterocycles. The molecule has 0 saturated carbocycles. The van der Waals surface area contributed by atoms with Crippen molar-refractivity contribution in [2.24, 2.45) is 0 Å². The molecule has 1 aliphatic heterocycles. The Morgan fingerprint density at radius 2 is 2.03 bits per heavy atom. The van der Waals surface area contributed by atoms with Gasteiger partial charge in [0.05, 0.1) is 17.9 Å². The maximum absolute atomic E-state index is 13.4. The zero-order chi connectivity index (χ0) is 25.7. The predicted octanol–water partition coefficient (Wildman–Crippen LogP) is 4.13. The molecule has 3 aromatic rings. The minimum absolute atomic E-state index is 0.133. The summed E-state index contributed by atoms with van der Waals surface area (Å²) in [5, 5.41) is 9.60. The molecule has 1 aromatic carbocycles. The maximum atomic E-state index is 13.4. The van der Waals surface area contributed by atoms with Gasteiger partial charge in [0.25, 0.3) is 5.91 Å². The molecule has 3 atom stereocenters. The monoisotopic (exact) mass is 490 g/mol. The molecule has 9 heteroatoms. The number of imidazole rings is 1. The van der Waals surface area contributed by atoms with Gasteiger partial charge in [-0.2, -0.15) is 0 Å². The van der Waals surface area contributed by atoms with E-state index in [9.17, 15) is 9.59 Å². The first-order valence-corrected chi connectivity index (χ1v) is 12.4. The fourth-order valence-electron chi connectivity index (χ4n) is 4.54. The molecular formula is C27H34N6O3. The fourth-order valence-corrected chi connectivity index (χ4v) is 4.54. The van der Waals surface area contributed by atoms with Crippen LogP contribution in [0.25, 0.3) is 11.3 Å². The lowest BCUT2D eigenvalue weighted by atomic mass is 10.0. The number of nitrogens with one attached hydrogen (secondary N) is 3. The third-order valence-corrected chi connectivity index (χ3v) is 6.58. The molecule has 0 aliphatic carbocycles. The third-order valence-electron chi connectivity index (χ3n) is 6.58. The third kappa shape index (κ3) is 6.02. The summed E-state index contributed by atoms with van der Waals surface area (Å²) in [7, 11) is 0. The number of aromatic nitrogens is 3. The number of carbonyl (C=O) groups excluding carboxylic acids is 2. The molecular weight excluding hydrogens is 456 g/mol. The Kier molecular flexibility index (Phi) is 7.87. The van der Waals surface area contributed by atoms with Gasteiger partial charge < -0.3 is 25.0 Å². The van der Waals surface area contributed by atoms with Gasteiger partial charge in [0.2, 0.25) is 5.91 Å². The van der Waals surface area contributed by atoms with Crippen molar-refractivity contribution in [1.29, 1.82) is 0 Å². The lowest BCUT2D eigenvalue weighted by Gasteiger charge is -2.37. The second-order valence-electron chi connectivity index (χ2n) is 9.44. The highest BCUT2D eigenvalue weighted by molar-refractivity contribution is 5.96. The predicted molar refractivity (Wildman–Crippen MR) is 137 cm³/mol. The number of hydrogen-bond donors (Lipinski definition) is 3. The van der Waals surface area contributed by atoms with Crippen molar-refractivity contribution in [3.63, 3.8) is 0 Å². The molecule has 36 heavy (non-hydrogen) atoms. The molecule has 1 aliphatic rings. The number of H-pyrrole nitrogens is 1. The lowest BCUT2D eigenvalue weighted by Crippen LogP contribution is -2.49. The number of piperidine rings is 1. The van der Waals surface area contributed by atoms with E-state index in [-0.39, 0.29) is 11.6 Å². The highest BCUT2D eigenvalue weighted by atomic mass is 16.5. The van der Waals surface area contributed by atoms with Crippen LogP contribution in [-0.2, 0) is 4.79 Å². The molecule has 1 fully saturated rings. The molecule has 0 radical (unpaired) electrons. The topological polar surface area (TPSA) is 116 Å². The molecule has 190 valence electrons. The van der Waals surface area contributed by atoms with Crippen LogP contribution in [0.15, 0.2) is 59.4 Å². The van der Waals surface area contributed by atoms with Gasteiger partial charge >= 0.3 is 0 Å². The molecule has 2 amide bonds. The van der Waals surface area contributed by atoms with Crippen LogP contribution in [0.1, 0.15) is 67.6 Å². The highest BCUT2D eigenvalue weighted by Gasteiger charge is 2.29. The average Bonchev–Trinajstić information content (AvgIpc) is 3.54. The Morgan fingerprint density at radius 1 is 1.25 bits per heavy atom. The summed E-state index contributed by atoms with van der Waals surface area (Å²) in [5.41, 5.74) is 2.84. The van der Waals surface area contributed by atoms with E-state index in [1.807, 2.05) is 37.3 Å². The quantitative estimate of drug-likeness (QED) is 0.415. The van der Waals surface area contributed by atoms with Crippen LogP contribution < -0.4 is 10.6 Å². The molecule has 0 spiro atoms. The van der Waals surface area contributed by atoms with E-state index >= 15 is 0 Å². The number of nitrogens with zero attached hydrogens (tertiary/aromatic N) is 3. The average molecular weight is 491 g/mol. The summed E-state index contributed by atoms with van der Waals surface area (Å²) in [5.74, 6) is 0.360. The lowest BCUT2D eigenvalue weighted by molar-refractivity contribution is -0.123.